The predicted molar refractivity (Wildman–Crippen MR) is 60.5 cm³/mol. The fourth-order valence-corrected chi connectivity index (χ4v) is 1.63. The number of ketones is 1. The third kappa shape index (κ3) is 1.90. The molecule has 0 aromatic heterocycles. The Bertz CT molecular complexity index is 596. The zero-order chi connectivity index (χ0) is 13.4. The number of allylic oxidation sites excluding steroid dienone is 1. The fraction of sp³-hybridized carbons (Fsp3) is 0.0909. The molecule has 1 aliphatic rings. The van der Waals surface area contributed by atoms with Crippen molar-refractivity contribution in [2.75, 3.05) is 10.6 Å². The van der Waals surface area contributed by atoms with E-state index >= 15 is 0 Å². The average molecular weight is 253 g/mol. The standard InChI is InChI=1S/C11H9F2N3O2/c1-4(17)8-10(11(14)18)15-7-3-5(12)2-6(13)9(7)16-8/h2-3,15-16H,1H3,(H2,14,18). The van der Waals surface area contributed by atoms with Crippen LogP contribution in [0, 0.1) is 11.6 Å². The summed E-state index contributed by atoms with van der Waals surface area (Å²) in [5, 5.41) is 4.90. The highest BCUT2D eigenvalue weighted by atomic mass is 19.1. The average Bonchev–Trinajstić information content (AvgIpc) is 2.26. The van der Waals surface area contributed by atoms with Crippen LogP contribution in [0.5, 0.6) is 0 Å². The summed E-state index contributed by atoms with van der Waals surface area (Å²) in [6.07, 6.45) is 0. The van der Waals surface area contributed by atoms with E-state index in [1.807, 2.05) is 0 Å². The number of carbonyl (C=O) groups excluding carboxylic acids is 2. The highest BCUT2D eigenvalue weighted by Crippen LogP contribution is 2.33. The van der Waals surface area contributed by atoms with Gasteiger partial charge >= 0.3 is 0 Å². The molecule has 4 N–H and O–H groups in total. The minimum atomic E-state index is -0.900. The third-order valence-corrected chi connectivity index (χ3v) is 2.41. The first-order valence-corrected chi connectivity index (χ1v) is 4.98. The Hall–Kier alpha value is -2.44. The monoisotopic (exact) mass is 253 g/mol. The van der Waals surface area contributed by atoms with Crippen molar-refractivity contribution in [2.45, 2.75) is 6.92 Å². The van der Waals surface area contributed by atoms with Crippen LogP contribution in [-0.2, 0) is 9.59 Å². The molecule has 0 atom stereocenters. The molecule has 18 heavy (non-hydrogen) atoms. The van der Waals surface area contributed by atoms with Gasteiger partial charge in [0.05, 0.1) is 11.4 Å². The SMILES string of the molecule is CC(=O)C1=C(C(N)=O)Nc2cc(F)cc(F)c2N1. The van der Waals surface area contributed by atoms with Crippen LogP contribution in [0.4, 0.5) is 20.2 Å². The second-order valence-corrected chi connectivity index (χ2v) is 3.73. The number of halogens is 2. The zero-order valence-corrected chi connectivity index (χ0v) is 9.30. The van der Waals surface area contributed by atoms with Crippen LogP contribution in [0.15, 0.2) is 23.5 Å². The molecule has 1 aliphatic heterocycles. The van der Waals surface area contributed by atoms with Crippen molar-refractivity contribution in [1.82, 2.24) is 0 Å². The Balaban J connectivity index is 2.57. The van der Waals surface area contributed by atoms with E-state index in [1.54, 1.807) is 0 Å². The van der Waals surface area contributed by atoms with Gasteiger partial charge in [0.25, 0.3) is 5.91 Å². The van der Waals surface area contributed by atoms with Crippen molar-refractivity contribution in [3.63, 3.8) is 0 Å². The van der Waals surface area contributed by atoms with Crippen LogP contribution < -0.4 is 16.4 Å². The van der Waals surface area contributed by atoms with Crippen LogP contribution >= 0.6 is 0 Å². The molecule has 0 radical (unpaired) electrons. The topological polar surface area (TPSA) is 84.2 Å². The molecule has 1 aromatic rings. The minimum absolute atomic E-state index is 0.00583. The van der Waals surface area contributed by atoms with Gasteiger partial charge in [-0.2, -0.15) is 0 Å². The second-order valence-electron chi connectivity index (χ2n) is 3.73. The molecular weight excluding hydrogens is 244 g/mol. The van der Waals surface area contributed by atoms with Gasteiger partial charge in [-0.1, -0.05) is 0 Å². The lowest BCUT2D eigenvalue weighted by atomic mass is 10.1. The number of primary amides is 1. The molecular formula is C11H9F2N3O2. The van der Waals surface area contributed by atoms with E-state index in [0.29, 0.717) is 6.07 Å². The molecule has 1 amide bonds. The first-order valence-electron chi connectivity index (χ1n) is 4.98. The smallest absolute Gasteiger partial charge is 0.267 e. The lowest BCUT2D eigenvalue weighted by Crippen LogP contribution is -2.30. The summed E-state index contributed by atoms with van der Waals surface area (Å²) in [4.78, 5) is 22.5. The first-order chi connectivity index (χ1) is 8.40. The third-order valence-electron chi connectivity index (χ3n) is 2.41. The maximum Gasteiger partial charge on any atom is 0.267 e. The van der Waals surface area contributed by atoms with E-state index in [1.165, 1.54) is 6.92 Å². The Morgan fingerprint density at radius 3 is 2.39 bits per heavy atom. The Labute approximate surface area is 101 Å². The summed E-state index contributed by atoms with van der Waals surface area (Å²) in [5.74, 6) is -3.08. The molecule has 94 valence electrons. The molecule has 5 nitrogen and oxygen atoms in total. The van der Waals surface area contributed by atoms with E-state index in [4.69, 9.17) is 5.73 Å². The highest BCUT2D eigenvalue weighted by molar-refractivity contribution is 6.10. The van der Waals surface area contributed by atoms with Gasteiger partial charge in [-0.3, -0.25) is 9.59 Å². The molecule has 0 spiro atoms. The van der Waals surface area contributed by atoms with Crippen molar-refractivity contribution >= 4 is 23.1 Å². The van der Waals surface area contributed by atoms with Crippen molar-refractivity contribution in [2.24, 2.45) is 5.73 Å². The van der Waals surface area contributed by atoms with Crippen molar-refractivity contribution in [1.29, 1.82) is 0 Å². The largest absolute Gasteiger partial charge is 0.364 e. The van der Waals surface area contributed by atoms with Gasteiger partial charge in [0.15, 0.2) is 11.6 Å². The van der Waals surface area contributed by atoms with Crippen LogP contribution in [-0.4, -0.2) is 11.7 Å². The number of nitrogens with one attached hydrogen (secondary N) is 2. The number of benzene rings is 1. The summed E-state index contributed by atoms with van der Waals surface area (Å²) in [5.41, 5.74) is 4.62. The number of hydrogen-bond acceptors (Lipinski definition) is 4. The summed E-state index contributed by atoms with van der Waals surface area (Å²) >= 11 is 0. The van der Waals surface area contributed by atoms with Crippen LogP contribution in [0.2, 0.25) is 0 Å². The predicted octanol–water partition coefficient (Wildman–Crippen LogP) is 1.09. The first kappa shape index (κ1) is 12.0. The molecule has 1 heterocycles. The normalized spacial score (nSPS) is 13.5. The molecule has 0 aliphatic carbocycles. The highest BCUT2D eigenvalue weighted by Gasteiger charge is 2.26. The second kappa shape index (κ2) is 4.10. The molecule has 7 heteroatoms. The minimum Gasteiger partial charge on any atom is -0.364 e. The van der Waals surface area contributed by atoms with Gasteiger partial charge in [-0.25, -0.2) is 8.78 Å². The number of fused-ring (bicyclic) bond motifs is 1. The zero-order valence-electron chi connectivity index (χ0n) is 9.30. The number of rotatable bonds is 2. The van der Waals surface area contributed by atoms with Gasteiger partial charge in [0.1, 0.15) is 17.2 Å². The van der Waals surface area contributed by atoms with Crippen LogP contribution in [0.25, 0.3) is 0 Å². The van der Waals surface area contributed by atoms with Crippen LogP contribution in [0.3, 0.4) is 0 Å². The fourth-order valence-electron chi connectivity index (χ4n) is 1.63. The molecule has 0 saturated heterocycles. The van der Waals surface area contributed by atoms with E-state index in [2.05, 4.69) is 10.6 Å². The molecule has 0 bridgehead atoms. The lowest BCUT2D eigenvalue weighted by Gasteiger charge is -2.23. The molecule has 0 fully saturated rings. The Kier molecular flexibility index (Phi) is 2.74. The summed E-state index contributed by atoms with van der Waals surface area (Å²) in [7, 11) is 0. The van der Waals surface area contributed by atoms with Crippen molar-refractivity contribution < 1.29 is 18.4 Å². The maximum atomic E-state index is 13.5. The number of amides is 1. The van der Waals surface area contributed by atoms with Gasteiger partial charge in [-0.15, -0.1) is 0 Å². The maximum absolute atomic E-state index is 13.5. The quantitative estimate of drug-likeness (QED) is 0.736. The molecule has 2 rings (SSSR count). The number of hydrogen-bond donors (Lipinski definition) is 3. The van der Waals surface area contributed by atoms with Gasteiger partial charge in [-0.05, 0) is 6.07 Å². The number of carbonyl (C=O) groups is 2. The Morgan fingerprint density at radius 1 is 1.17 bits per heavy atom. The van der Waals surface area contributed by atoms with Gasteiger partial charge in [0.2, 0.25) is 0 Å². The van der Waals surface area contributed by atoms with Gasteiger partial charge in [0, 0.05) is 13.0 Å². The molecule has 0 unspecified atom stereocenters. The molecule has 0 saturated carbocycles. The van der Waals surface area contributed by atoms with Crippen LogP contribution in [0.1, 0.15) is 6.92 Å². The van der Waals surface area contributed by atoms with E-state index in [-0.39, 0.29) is 22.8 Å². The Morgan fingerprint density at radius 2 is 1.83 bits per heavy atom. The molecule has 1 aromatic carbocycles. The summed E-state index contributed by atoms with van der Waals surface area (Å²) in [6, 6.07) is 1.66. The van der Waals surface area contributed by atoms with E-state index in [9.17, 15) is 18.4 Å². The van der Waals surface area contributed by atoms with E-state index in [0.717, 1.165) is 6.07 Å². The van der Waals surface area contributed by atoms with Crippen molar-refractivity contribution in [3.8, 4) is 0 Å². The van der Waals surface area contributed by atoms with Gasteiger partial charge < -0.3 is 16.4 Å². The summed E-state index contributed by atoms with van der Waals surface area (Å²) < 4.78 is 26.5. The number of nitrogens with two attached hydrogens (primary N) is 1. The summed E-state index contributed by atoms with van der Waals surface area (Å²) in [6.45, 7) is 1.19. The number of anilines is 2. The lowest BCUT2D eigenvalue weighted by molar-refractivity contribution is -0.116. The van der Waals surface area contributed by atoms with Crippen molar-refractivity contribution in [3.05, 3.63) is 35.2 Å². The van der Waals surface area contributed by atoms with E-state index < -0.39 is 23.3 Å². The number of Topliss-reactive ketones (excluding diaryl/α,β-unsaturated/α-hetero) is 1.